The van der Waals surface area contributed by atoms with E-state index in [1.165, 1.54) is 4.90 Å². The fourth-order valence-corrected chi connectivity index (χ4v) is 3.07. The summed E-state index contributed by atoms with van der Waals surface area (Å²) in [6.07, 6.45) is 0. The van der Waals surface area contributed by atoms with E-state index in [4.69, 9.17) is 4.74 Å². The summed E-state index contributed by atoms with van der Waals surface area (Å²) in [4.78, 5) is 26.8. The van der Waals surface area contributed by atoms with Crippen LogP contribution in [0.1, 0.15) is 31.8 Å². The molecule has 0 atom stereocenters. The van der Waals surface area contributed by atoms with Crippen LogP contribution in [0.25, 0.3) is 0 Å². The molecule has 0 saturated carbocycles. The van der Waals surface area contributed by atoms with Crippen molar-refractivity contribution < 1.29 is 14.3 Å². The van der Waals surface area contributed by atoms with Gasteiger partial charge in [-0.1, -0.05) is 66.7 Å². The second-order valence-electron chi connectivity index (χ2n) is 6.14. The van der Waals surface area contributed by atoms with Gasteiger partial charge in [0, 0.05) is 0 Å². The average molecular weight is 343 g/mol. The monoisotopic (exact) mass is 343 g/mol. The Morgan fingerprint density at radius 2 is 1.35 bits per heavy atom. The highest BCUT2D eigenvalue weighted by atomic mass is 16.5. The van der Waals surface area contributed by atoms with Gasteiger partial charge in [-0.15, -0.1) is 0 Å². The molecule has 0 saturated heterocycles. The lowest BCUT2D eigenvalue weighted by Gasteiger charge is -2.14. The van der Waals surface area contributed by atoms with Crippen LogP contribution in [-0.4, -0.2) is 16.7 Å². The number of benzene rings is 3. The molecule has 1 heterocycles. The first-order chi connectivity index (χ1) is 12.7. The lowest BCUT2D eigenvalue weighted by molar-refractivity contribution is 0.0641. The van der Waals surface area contributed by atoms with Crippen LogP contribution in [0.15, 0.2) is 78.9 Å². The van der Waals surface area contributed by atoms with E-state index in [9.17, 15) is 9.59 Å². The zero-order valence-corrected chi connectivity index (χ0v) is 14.1. The van der Waals surface area contributed by atoms with Crippen LogP contribution in [-0.2, 0) is 13.2 Å². The molecule has 26 heavy (non-hydrogen) atoms. The number of nitrogens with zero attached hydrogens (tertiary/aromatic N) is 1. The molecule has 0 bridgehead atoms. The van der Waals surface area contributed by atoms with E-state index in [1.54, 1.807) is 18.2 Å². The molecule has 128 valence electrons. The third kappa shape index (κ3) is 2.97. The third-order valence-corrected chi connectivity index (χ3v) is 4.38. The quantitative estimate of drug-likeness (QED) is 0.656. The SMILES string of the molecule is O=C1c2cccc(OCc3ccccc3)c2C(=O)N1Cc1ccccc1. The van der Waals surface area contributed by atoms with Gasteiger partial charge in [0.05, 0.1) is 17.7 Å². The van der Waals surface area contributed by atoms with Gasteiger partial charge in [0.15, 0.2) is 0 Å². The molecule has 3 aromatic carbocycles. The van der Waals surface area contributed by atoms with Crippen molar-refractivity contribution in [2.45, 2.75) is 13.2 Å². The van der Waals surface area contributed by atoms with E-state index in [-0.39, 0.29) is 18.4 Å². The second-order valence-corrected chi connectivity index (χ2v) is 6.14. The summed E-state index contributed by atoms with van der Waals surface area (Å²) in [5.74, 6) is -0.142. The predicted octanol–water partition coefficient (Wildman–Crippen LogP) is 4.06. The first kappa shape index (κ1) is 16.1. The van der Waals surface area contributed by atoms with E-state index in [0.29, 0.717) is 23.5 Å². The number of imide groups is 1. The Morgan fingerprint density at radius 3 is 2.04 bits per heavy atom. The van der Waals surface area contributed by atoms with Crippen molar-refractivity contribution in [3.05, 3.63) is 101 Å². The molecule has 1 aliphatic heterocycles. The van der Waals surface area contributed by atoms with Gasteiger partial charge < -0.3 is 4.74 Å². The Balaban J connectivity index is 1.59. The van der Waals surface area contributed by atoms with Crippen LogP contribution >= 0.6 is 0 Å². The highest BCUT2D eigenvalue weighted by Crippen LogP contribution is 2.32. The first-order valence-corrected chi connectivity index (χ1v) is 8.44. The average Bonchev–Trinajstić information content (AvgIpc) is 2.93. The summed E-state index contributed by atoms with van der Waals surface area (Å²) in [5, 5.41) is 0. The molecular weight excluding hydrogens is 326 g/mol. The van der Waals surface area contributed by atoms with Crippen LogP contribution < -0.4 is 4.74 Å². The molecule has 3 aromatic rings. The number of carbonyl (C=O) groups excluding carboxylic acids is 2. The van der Waals surface area contributed by atoms with Crippen molar-refractivity contribution in [3.63, 3.8) is 0 Å². The van der Waals surface area contributed by atoms with Crippen molar-refractivity contribution >= 4 is 11.8 Å². The molecule has 4 nitrogen and oxygen atoms in total. The van der Waals surface area contributed by atoms with E-state index >= 15 is 0 Å². The summed E-state index contributed by atoms with van der Waals surface area (Å²) in [5.41, 5.74) is 2.66. The number of amides is 2. The van der Waals surface area contributed by atoms with Crippen molar-refractivity contribution in [1.82, 2.24) is 4.90 Å². The van der Waals surface area contributed by atoms with Crippen molar-refractivity contribution in [2.75, 3.05) is 0 Å². The molecule has 0 radical (unpaired) electrons. The molecular formula is C22H17NO3. The highest BCUT2D eigenvalue weighted by molar-refractivity contribution is 6.22. The zero-order chi connectivity index (χ0) is 17.9. The van der Waals surface area contributed by atoms with Gasteiger partial charge in [0.25, 0.3) is 11.8 Å². The van der Waals surface area contributed by atoms with Gasteiger partial charge in [-0.25, -0.2) is 0 Å². The van der Waals surface area contributed by atoms with Crippen molar-refractivity contribution in [1.29, 1.82) is 0 Å². The van der Waals surface area contributed by atoms with E-state index in [0.717, 1.165) is 11.1 Å². The van der Waals surface area contributed by atoms with Crippen molar-refractivity contribution in [3.8, 4) is 5.75 Å². The lowest BCUT2D eigenvalue weighted by Crippen LogP contribution is -2.29. The van der Waals surface area contributed by atoms with Crippen LogP contribution in [0.2, 0.25) is 0 Å². The topological polar surface area (TPSA) is 46.6 Å². The smallest absolute Gasteiger partial charge is 0.265 e. The Morgan fingerprint density at radius 1 is 0.692 bits per heavy atom. The Labute approximate surface area is 151 Å². The fraction of sp³-hybridized carbons (Fsp3) is 0.0909. The van der Waals surface area contributed by atoms with Crippen molar-refractivity contribution in [2.24, 2.45) is 0 Å². The van der Waals surface area contributed by atoms with Gasteiger partial charge in [0.2, 0.25) is 0 Å². The minimum absolute atomic E-state index is 0.255. The minimum Gasteiger partial charge on any atom is -0.488 e. The standard InChI is InChI=1S/C22H17NO3/c24-21-18-12-7-13-19(26-15-17-10-5-2-6-11-17)20(18)22(25)23(21)14-16-8-3-1-4-9-16/h1-13H,14-15H2. The van der Waals surface area contributed by atoms with E-state index in [2.05, 4.69) is 0 Å². The number of ether oxygens (including phenoxy) is 1. The molecule has 0 aliphatic carbocycles. The maximum atomic E-state index is 12.9. The molecule has 0 spiro atoms. The zero-order valence-electron chi connectivity index (χ0n) is 14.1. The first-order valence-electron chi connectivity index (χ1n) is 8.44. The maximum absolute atomic E-state index is 12.9. The largest absolute Gasteiger partial charge is 0.488 e. The molecule has 1 aliphatic rings. The molecule has 0 aromatic heterocycles. The number of hydrogen-bond donors (Lipinski definition) is 0. The molecule has 0 unspecified atom stereocenters. The summed E-state index contributed by atoms with van der Waals surface area (Å²) in [7, 11) is 0. The van der Waals surface area contributed by atoms with Crippen LogP contribution in [0.3, 0.4) is 0 Å². The summed E-state index contributed by atoms with van der Waals surface area (Å²) < 4.78 is 5.85. The van der Waals surface area contributed by atoms with E-state index in [1.807, 2.05) is 60.7 Å². The Hall–Kier alpha value is -3.40. The Kier molecular flexibility index (Phi) is 4.23. The fourth-order valence-electron chi connectivity index (χ4n) is 3.07. The van der Waals surface area contributed by atoms with Gasteiger partial charge in [-0.3, -0.25) is 14.5 Å². The number of hydrogen-bond acceptors (Lipinski definition) is 3. The van der Waals surface area contributed by atoms with Gasteiger partial charge in [-0.2, -0.15) is 0 Å². The highest BCUT2D eigenvalue weighted by Gasteiger charge is 2.38. The van der Waals surface area contributed by atoms with Crippen LogP contribution in [0.5, 0.6) is 5.75 Å². The van der Waals surface area contributed by atoms with Crippen LogP contribution in [0.4, 0.5) is 0 Å². The third-order valence-electron chi connectivity index (χ3n) is 4.38. The van der Waals surface area contributed by atoms with Gasteiger partial charge in [0.1, 0.15) is 12.4 Å². The number of carbonyl (C=O) groups is 2. The number of rotatable bonds is 5. The van der Waals surface area contributed by atoms with E-state index < -0.39 is 0 Å². The lowest BCUT2D eigenvalue weighted by atomic mass is 10.1. The summed E-state index contributed by atoms with van der Waals surface area (Å²) in [6, 6.07) is 24.4. The molecule has 0 N–H and O–H groups in total. The number of fused-ring (bicyclic) bond motifs is 1. The summed E-state index contributed by atoms with van der Waals surface area (Å²) >= 11 is 0. The minimum atomic E-state index is -0.308. The molecule has 2 amide bonds. The normalized spacial score (nSPS) is 13.0. The predicted molar refractivity (Wildman–Crippen MR) is 97.9 cm³/mol. The second kappa shape index (κ2) is 6.84. The molecule has 4 rings (SSSR count). The van der Waals surface area contributed by atoms with Crippen LogP contribution in [0, 0.1) is 0 Å². The maximum Gasteiger partial charge on any atom is 0.265 e. The van der Waals surface area contributed by atoms with Gasteiger partial charge >= 0.3 is 0 Å². The molecule has 0 fully saturated rings. The summed E-state index contributed by atoms with van der Waals surface area (Å²) in [6.45, 7) is 0.600. The Bertz CT molecular complexity index is 952. The molecule has 4 heteroatoms. The van der Waals surface area contributed by atoms with Gasteiger partial charge in [-0.05, 0) is 23.3 Å².